The highest BCUT2D eigenvalue weighted by Gasteiger charge is 2.16. The number of hydrogen-bond acceptors (Lipinski definition) is 2. The van der Waals surface area contributed by atoms with E-state index in [0.29, 0.717) is 6.54 Å². The van der Waals surface area contributed by atoms with Crippen molar-refractivity contribution < 1.29 is 0 Å². The van der Waals surface area contributed by atoms with Gasteiger partial charge in [0.1, 0.15) is 0 Å². The Kier molecular flexibility index (Phi) is 3.75. The second kappa shape index (κ2) is 5.68. The van der Waals surface area contributed by atoms with Crippen molar-refractivity contribution >= 4 is 5.69 Å². The summed E-state index contributed by atoms with van der Waals surface area (Å²) in [5.41, 5.74) is 12.7. The van der Waals surface area contributed by atoms with Crippen molar-refractivity contribution in [2.75, 3.05) is 11.4 Å². The van der Waals surface area contributed by atoms with Crippen molar-refractivity contribution in [2.24, 2.45) is 5.73 Å². The van der Waals surface area contributed by atoms with E-state index in [2.05, 4.69) is 54.3 Å². The van der Waals surface area contributed by atoms with Gasteiger partial charge < -0.3 is 10.6 Å². The minimum absolute atomic E-state index is 0.606. The second-order valence-electron chi connectivity index (χ2n) is 5.63. The fraction of sp³-hybridized carbons (Fsp3) is 0.333. The molecule has 2 nitrogen and oxygen atoms in total. The molecule has 2 heteroatoms. The summed E-state index contributed by atoms with van der Waals surface area (Å²) in [5, 5.41) is 0. The van der Waals surface area contributed by atoms with Crippen LogP contribution in [0.25, 0.3) is 0 Å². The predicted molar refractivity (Wildman–Crippen MR) is 84.9 cm³/mol. The third kappa shape index (κ3) is 2.56. The van der Waals surface area contributed by atoms with Crippen LogP contribution in [0.4, 0.5) is 5.69 Å². The quantitative estimate of drug-likeness (QED) is 0.902. The Morgan fingerprint density at radius 1 is 1.10 bits per heavy atom. The van der Waals surface area contributed by atoms with Crippen molar-refractivity contribution in [1.29, 1.82) is 0 Å². The molecule has 20 heavy (non-hydrogen) atoms. The van der Waals surface area contributed by atoms with Crippen LogP contribution in [0.2, 0.25) is 0 Å². The Balaban J connectivity index is 1.95. The van der Waals surface area contributed by atoms with Gasteiger partial charge in [-0.2, -0.15) is 0 Å². The van der Waals surface area contributed by atoms with Gasteiger partial charge in [0, 0.05) is 25.3 Å². The summed E-state index contributed by atoms with van der Waals surface area (Å²) >= 11 is 0. The monoisotopic (exact) mass is 266 g/mol. The fourth-order valence-electron chi connectivity index (χ4n) is 3.09. The number of nitrogens with two attached hydrogens (primary N) is 1. The van der Waals surface area contributed by atoms with Crippen molar-refractivity contribution in [3.05, 3.63) is 64.7 Å². The summed E-state index contributed by atoms with van der Waals surface area (Å²) in [6.07, 6.45) is 2.38. The zero-order chi connectivity index (χ0) is 13.9. The van der Waals surface area contributed by atoms with Gasteiger partial charge in [-0.15, -0.1) is 0 Å². The van der Waals surface area contributed by atoms with Crippen LogP contribution >= 0.6 is 0 Å². The van der Waals surface area contributed by atoms with E-state index in [1.165, 1.54) is 40.8 Å². The van der Waals surface area contributed by atoms with Gasteiger partial charge in [0.25, 0.3) is 0 Å². The van der Waals surface area contributed by atoms with Gasteiger partial charge >= 0.3 is 0 Å². The highest BCUT2D eigenvalue weighted by molar-refractivity contribution is 5.56. The van der Waals surface area contributed by atoms with Gasteiger partial charge in [-0.25, -0.2) is 0 Å². The zero-order valence-corrected chi connectivity index (χ0v) is 12.1. The highest BCUT2D eigenvalue weighted by Crippen LogP contribution is 2.27. The third-order valence-corrected chi connectivity index (χ3v) is 4.15. The van der Waals surface area contributed by atoms with Crippen molar-refractivity contribution in [3.8, 4) is 0 Å². The molecule has 0 spiro atoms. The van der Waals surface area contributed by atoms with Gasteiger partial charge in [0.05, 0.1) is 0 Å². The molecule has 0 unspecified atom stereocenters. The van der Waals surface area contributed by atoms with Gasteiger partial charge in [-0.1, -0.05) is 42.0 Å². The third-order valence-electron chi connectivity index (χ3n) is 4.15. The standard InChI is InChI=1S/C18H22N2/c1-14-8-9-18(17(11-14)12-19)20-10-4-7-15-5-2-3-6-16(15)13-20/h2-3,5-6,8-9,11H,4,7,10,12-13,19H2,1H3. The van der Waals surface area contributed by atoms with Gasteiger partial charge in [-0.05, 0) is 42.5 Å². The summed E-state index contributed by atoms with van der Waals surface area (Å²) in [6, 6.07) is 15.4. The summed E-state index contributed by atoms with van der Waals surface area (Å²) in [6.45, 7) is 4.83. The number of rotatable bonds is 2. The van der Waals surface area contributed by atoms with Crippen LogP contribution in [0.15, 0.2) is 42.5 Å². The summed E-state index contributed by atoms with van der Waals surface area (Å²) in [4.78, 5) is 2.48. The molecule has 2 N–H and O–H groups in total. The van der Waals surface area contributed by atoms with E-state index in [4.69, 9.17) is 5.73 Å². The van der Waals surface area contributed by atoms with Gasteiger partial charge in [-0.3, -0.25) is 0 Å². The van der Waals surface area contributed by atoms with Crippen molar-refractivity contribution in [3.63, 3.8) is 0 Å². The van der Waals surface area contributed by atoms with Crippen molar-refractivity contribution in [1.82, 2.24) is 0 Å². The Morgan fingerprint density at radius 3 is 2.70 bits per heavy atom. The molecule has 0 amide bonds. The number of nitrogens with zero attached hydrogens (tertiary/aromatic N) is 1. The molecule has 1 aliphatic rings. The first-order valence-corrected chi connectivity index (χ1v) is 7.39. The van der Waals surface area contributed by atoms with E-state index in [-0.39, 0.29) is 0 Å². The molecule has 104 valence electrons. The Morgan fingerprint density at radius 2 is 1.90 bits per heavy atom. The van der Waals surface area contributed by atoms with Gasteiger partial charge in [0.15, 0.2) is 0 Å². The molecule has 3 rings (SSSR count). The lowest BCUT2D eigenvalue weighted by molar-refractivity contribution is 0.760. The maximum atomic E-state index is 5.93. The van der Waals surface area contributed by atoms with Crippen LogP contribution < -0.4 is 10.6 Å². The minimum Gasteiger partial charge on any atom is -0.367 e. The molecule has 1 aliphatic heterocycles. The molecule has 0 aromatic heterocycles. The Hall–Kier alpha value is -1.80. The molecule has 2 aromatic rings. The normalized spacial score (nSPS) is 14.8. The summed E-state index contributed by atoms with van der Waals surface area (Å²) < 4.78 is 0. The van der Waals surface area contributed by atoms with Crippen LogP contribution in [0.5, 0.6) is 0 Å². The maximum absolute atomic E-state index is 5.93. The lowest BCUT2D eigenvalue weighted by atomic mass is 10.0. The van der Waals surface area contributed by atoms with E-state index in [1.54, 1.807) is 0 Å². The first-order valence-electron chi connectivity index (χ1n) is 7.39. The van der Waals surface area contributed by atoms with E-state index in [1.807, 2.05) is 0 Å². The van der Waals surface area contributed by atoms with E-state index < -0.39 is 0 Å². The molecule has 0 atom stereocenters. The second-order valence-corrected chi connectivity index (χ2v) is 5.63. The molecule has 0 saturated heterocycles. The molecular formula is C18H22N2. The highest BCUT2D eigenvalue weighted by atomic mass is 15.1. The molecule has 2 aromatic carbocycles. The van der Waals surface area contributed by atoms with Crippen molar-refractivity contribution in [2.45, 2.75) is 32.9 Å². The summed E-state index contributed by atoms with van der Waals surface area (Å²) in [7, 11) is 0. The van der Waals surface area contributed by atoms with Crippen LogP contribution in [0, 0.1) is 6.92 Å². The summed E-state index contributed by atoms with van der Waals surface area (Å²) in [5.74, 6) is 0. The van der Waals surface area contributed by atoms with E-state index >= 15 is 0 Å². The SMILES string of the molecule is Cc1ccc(N2CCCc3ccccc3C2)c(CN)c1. The van der Waals surface area contributed by atoms with Crippen LogP contribution in [-0.2, 0) is 19.5 Å². The average molecular weight is 266 g/mol. The fourth-order valence-corrected chi connectivity index (χ4v) is 3.09. The number of hydrogen-bond donors (Lipinski definition) is 1. The zero-order valence-electron chi connectivity index (χ0n) is 12.1. The van der Waals surface area contributed by atoms with E-state index in [9.17, 15) is 0 Å². The van der Waals surface area contributed by atoms with Crippen LogP contribution in [-0.4, -0.2) is 6.54 Å². The number of benzene rings is 2. The van der Waals surface area contributed by atoms with Crippen LogP contribution in [0.3, 0.4) is 0 Å². The molecule has 0 radical (unpaired) electrons. The first-order chi connectivity index (χ1) is 9.78. The molecule has 0 fully saturated rings. The predicted octanol–water partition coefficient (Wildman–Crippen LogP) is 3.41. The van der Waals surface area contributed by atoms with Crippen LogP contribution in [0.1, 0.15) is 28.7 Å². The lowest BCUT2D eigenvalue weighted by Gasteiger charge is -2.26. The van der Waals surface area contributed by atoms with E-state index in [0.717, 1.165) is 13.1 Å². The largest absolute Gasteiger partial charge is 0.367 e. The lowest BCUT2D eigenvalue weighted by Crippen LogP contribution is -2.24. The maximum Gasteiger partial charge on any atom is 0.0432 e. The smallest absolute Gasteiger partial charge is 0.0432 e. The number of anilines is 1. The van der Waals surface area contributed by atoms with Gasteiger partial charge in [0.2, 0.25) is 0 Å². The molecule has 1 heterocycles. The topological polar surface area (TPSA) is 29.3 Å². The molecular weight excluding hydrogens is 244 g/mol. The number of fused-ring (bicyclic) bond motifs is 1. The average Bonchev–Trinajstić information content (AvgIpc) is 2.69. The molecule has 0 bridgehead atoms. The molecule has 0 aliphatic carbocycles. The minimum atomic E-state index is 0.606. The molecule has 0 saturated carbocycles. The Bertz CT molecular complexity index is 604. The first kappa shape index (κ1) is 13.2. The Labute approximate surface area is 121 Å². The number of aryl methyl sites for hydroxylation is 2.